The van der Waals surface area contributed by atoms with Gasteiger partial charge in [0, 0.05) is 6.20 Å². The van der Waals surface area contributed by atoms with Crippen LogP contribution < -0.4 is 14.9 Å². The quantitative estimate of drug-likeness (QED) is 0.591. The van der Waals surface area contributed by atoms with Crippen LogP contribution in [0.3, 0.4) is 0 Å². The van der Waals surface area contributed by atoms with Crippen LogP contribution in [0.2, 0.25) is 0 Å². The fourth-order valence-electron chi connectivity index (χ4n) is 2.01. The van der Waals surface area contributed by atoms with Crippen LogP contribution in [-0.4, -0.2) is 30.8 Å². The molecule has 2 aromatic rings. The van der Waals surface area contributed by atoms with Crippen molar-refractivity contribution < 1.29 is 14.3 Å². The summed E-state index contributed by atoms with van der Waals surface area (Å²) in [6.07, 6.45) is 4.08. The Hall–Kier alpha value is -2.89. The van der Waals surface area contributed by atoms with Gasteiger partial charge in [0.15, 0.2) is 11.5 Å². The smallest absolute Gasteiger partial charge is 0.289 e. The van der Waals surface area contributed by atoms with E-state index in [1.54, 1.807) is 43.8 Å². The van der Waals surface area contributed by atoms with Crippen LogP contribution in [0, 0.1) is 5.92 Å². The zero-order chi connectivity index (χ0) is 18.1. The van der Waals surface area contributed by atoms with Gasteiger partial charge in [0.25, 0.3) is 5.91 Å². The van der Waals surface area contributed by atoms with E-state index < -0.39 is 0 Å². The molecule has 0 bridgehead atoms. The largest absolute Gasteiger partial charge is 0.493 e. The molecule has 6 nitrogen and oxygen atoms in total. The van der Waals surface area contributed by atoms with Crippen LogP contribution in [-0.2, 0) is 0 Å². The van der Waals surface area contributed by atoms with Crippen molar-refractivity contribution in [3.63, 3.8) is 0 Å². The Morgan fingerprint density at radius 1 is 1.28 bits per heavy atom. The van der Waals surface area contributed by atoms with Crippen molar-refractivity contribution in [2.24, 2.45) is 11.0 Å². The molecule has 0 fully saturated rings. The molecule has 0 saturated carbocycles. The predicted molar refractivity (Wildman–Crippen MR) is 97.2 cm³/mol. The molecular formula is C19H23N3O3. The molecule has 0 saturated heterocycles. The number of hydrogen-bond acceptors (Lipinski definition) is 5. The summed E-state index contributed by atoms with van der Waals surface area (Å²) in [6.45, 7) is 4.94. The van der Waals surface area contributed by atoms with Gasteiger partial charge in [-0.15, -0.1) is 0 Å². The lowest BCUT2D eigenvalue weighted by molar-refractivity contribution is 0.0950. The van der Waals surface area contributed by atoms with Crippen LogP contribution >= 0.6 is 0 Å². The first-order valence-electron chi connectivity index (χ1n) is 8.15. The average Bonchev–Trinajstić information content (AvgIpc) is 2.63. The minimum absolute atomic E-state index is 0.311. The van der Waals surface area contributed by atoms with Gasteiger partial charge in [0.05, 0.1) is 19.9 Å². The SMILES string of the molecule is COc1cc(/C=N\NC(=O)c2ccccn2)ccc1OCCC(C)C. The summed E-state index contributed by atoms with van der Waals surface area (Å²) in [5, 5.41) is 3.95. The van der Waals surface area contributed by atoms with Crippen LogP contribution in [0.25, 0.3) is 0 Å². The zero-order valence-corrected chi connectivity index (χ0v) is 14.7. The number of carbonyl (C=O) groups excluding carboxylic acids is 1. The highest BCUT2D eigenvalue weighted by Gasteiger charge is 2.06. The third-order valence-corrected chi connectivity index (χ3v) is 3.42. The molecule has 25 heavy (non-hydrogen) atoms. The average molecular weight is 341 g/mol. The number of carbonyl (C=O) groups is 1. The number of rotatable bonds is 8. The molecular weight excluding hydrogens is 318 g/mol. The highest BCUT2D eigenvalue weighted by Crippen LogP contribution is 2.27. The lowest BCUT2D eigenvalue weighted by Crippen LogP contribution is -2.18. The fourth-order valence-corrected chi connectivity index (χ4v) is 2.01. The van der Waals surface area contributed by atoms with E-state index in [2.05, 4.69) is 29.4 Å². The van der Waals surface area contributed by atoms with Crippen molar-refractivity contribution in [3.05, 3.63) is 53.9 Å². The molecule has 6 heteroatoms. The molecule has 2 rings (SSSR count). The number of nitrogens with one attached hydrogen (secondary N) is 1. The molecule has 0 aliphatic rings. The van der Waals surface area contributed by atoms with Gasteiger partial charge in [-0.3, -0.25) is 9.78 Å². The summed E-state index contributed by atoms with van der Waals surface area (Å²) in [4.78, 5) is 15.8. The minimum atomic E-state index is -0.363. The van der Waals surface area contributed by atoms with Crippen molar-refractivity contribution in [1.82, 2.24) is 10.4 Å². The van der Waals surface area contributed by atoms with Crippen molar-refractivity contribution in [3.8, 4) is 11.5 Å². The highest BCUT2D eigenvalue weighted by atomic mass is 16.5. The van der Waals surface area contributed by atoms with Crippen molar-refractivity contribution in [1.29, 1.82) is 0 Å². The first kappa shape index (κ1) is 18.4. The highest BCUT2D eigenvalue weighted by molar-refractivity contribution is 5.93. The van der Waals surface area contributed by atoms with Gasteiger partial charge in [-0.05, 0) is 48.2 Å². The molecule has 1 aromatic heterocycles. The summed E-state index contributed by atoms with van der Waals surface area (Å²) in [6, 6.07) is 10.6. The van der Waals surface area contributed by atoms with E-state index in [9.17, 15) is 4.79 Å². The first-order chi connectivity index (χ1) is 12.1. The Kier molecular flexibility index (Phi) is 6.95. The Morgan fingerprint density at radius 2 is 2.12 bits per heavy atom. The summed E-state index contributed by atoms with van der Waals surface area (Å²) < 4.78 is 11.1. The number of hydrogen-bond donors (Lipinski definition) is 1. The minimum Gasteiger partial charge on any atom is -0.493 e. The lowest BCUT2D eigenvalue weighted by Gasteiger charge is -2.12. The maximum atomic E-state index is 11.9. The molecule has 0 aliphatic carbocycles. The summed E-state index contributed by atoms with van der Waals surface area (Å²) in [5.74, 6) is 1.54. The second-order valence-electron chi connectivity index (χ2n) is 5.86. The van der Waals surface area contributed by atoms with E-state index in [1.165, 1.54) is 0 Å². The van der Waals surface area contributed by atoms with Gasteiger partial charge < -0.3 is 9.47 Å². The van der Waals surface area contributed by atoms with E-state index >= 15 is 0 Å². The predicted octanol–water partition coefficient (Wildman–Crippen LogP) is 3.28. The summed E-state index contributed by atoms with van der Waals surface area (Å²) in [5.41, 5.74) is 3.54. The molecule has 1 N–H and O–H groups in total. The van der Waals surface area contributed by atoms with Crippen molar-refractivity contribution >= 4 is 12.1 Å². The number of aromatic nitrogens is 1. The molecule has 0 spiro atoms. The van der Waals surface area contributed by atoms with Gasteiger partial charge >= 0.3 is 0 Å². The Morgan fingerprint density at radius 3 is 2.80 bits per heavy atom. The number of hydrazone groups is 1. The van der Waals surface area contributed by atoms with Crippen molar-refractivity contribution in [2.75, 3.05) is 13.7 Å². The number of nitrogens with zero attached hydrogens (tertiary/aromatic N) is 2. The van der Waals surface area contributed by atoms with Gasteiger partial charge in [0.2, 0.25) is 0 Å². The zero-order valence-electron chi connectivity index (χ0n) is 14.7. The molecule has 0 aliphatic heterocycles. The van der Waals surface area contributed by atoms with Crippen LogP contribution in [0.1, 0.15) is 36.3 Å². The monoisotopic (exact) mass is 341 g/mol. The van der Waals surface area contributed by atoms with E-state index in [-0.39, 0.29) is 5.91 Å². The van der Waals surface area contributed by atoms with Crippen LogP contribution in [0.4, 0.5) is 0 Å². The second kappa shape index (κ2) is 9.42. The Balaban J connectivity index is 1.96. The Bertz CT molecular complexity index is 715. The number of amides is 1. The molecule has 1 amide bonds. The Labute approximate surface area is 147 Å². The number of ether oxygens (including phenoxy) is 2. The lowest BCUT2D eigenvalue weighted by atomic mass is 10.1. The van der Waals surface area contributed by atoms with Crippen LogP contribution in [0.5, 0.6) is 11.5 Å². The molecule has 1 aromatic carbocycles. The van der Waals surface area contributed by atoms with E-state index in [0.29, 0.717) is 29.7 Å². The second-order valence-corrected chi connectivity index (χ2v) is 5.86. The summed E-state index contributed by atoms with van der Waals surface area (Å²) >= 11 is 0. The molecule has 132 valence electrons. The van der Waals surface area contributed by atoms with Gasteiger partial charge in [-0.1, -0.05) is 19.9 Å². The third-order valence-electron chi connectivity index (χ3n) is 3.42. The molecule has 0 unspecified atom stereocenters. The first-order valence-corrected chi connectivity index (χ1v) is 8.15. The normalized spacial score (nSPS) is 10.9. The van der Waals surface area contributed by atoms with Gasteiger partial charge in [-0.25, -0.2) is 5.43 Å². The maximum absolute atomic E-state index is 11.9. The third kappa shape index (κ3) is 5.91. The molecule has 1 heterocycles. The maximum Gasteiger partial charge on any atom is 0.289 e. The van der Waals surface area contributed by atoms with Crippen LogP contribution in [0.15, 0.2) is 47.7 Å². The van der Waals surface area contributed by atoms with Crippen molar-refractivity contribution in [2.45, 2.75) is 20.3 Å². The topological polar surface area (TPSA) is 72.8 Å². The van der Waals surface area contributed by atoms with Gasteiger partial charge in [0.1, 0.15) is 5.69 Å². The molecule has 0 radical (unpaired) electrons. The van der Waals surface area contributed by atoms with E-state index in [0.717, 1.165) is 12.0 Å². The molecule has 0 atom stereocenters. The fraction of sp³-hybridized carbons (Fsp3) is 0.316. The number of benzene rings is 1. The van der Waals surface area contributed by atoms with Gasteiger partial charge in [-0.2, -0.15) is 5.10 Å². The summed E-state index contributed by atoms with van der Waals surface area (Å²) in [7, 11) is 1.59. The van der Waals surface area contributed by atoms with E-state index in [1.807, 2.05) is 12.1 Å². The van der Waals surface area contributed by atoms with E-state index in [4.69, 9.17) is 9.47 Å². The standard InChI is InChI=1S/C19H23N3O3/c1-14(2)9-11-25-17-8-7-15(12-18(17)24-3)13-21-22-19(23)16-6-4-5-10-20-16/h4-8,10,12-14H,9,11H2,1-3H3,(H,22,23)/b21-13-. The number of pyridine rings is 1. The number of methoxy groups -OCH3 is 1.